The largest absolute Gasteiger partial charge is 0.497 e. The number of aromatic nitrogens is 2. The van der Waals surface area contributed by atoms with Gasteiger partial charge in [-0.2, -0.15) is 5.10 Å². The van der Waals surface area contributed by atoms with Crippen LogP contribution in [0.25, 0.3) is 0 Å². The molecule has 1 aliphatic heterocycles. The molecule has 0 saturated carbocycles. The van der Waals surface area contributed by atoms with Crippen molar-refractivity contribution in [1.82, 2.24) is 24.9 Å². The molecule has 1 aromatic heterocycles. The smallest absolute Gasteiger partial charge is 0.193 e. The zero-order valence-electron chi connectivity index (χ0n) is 19.0. The van der Waals surface area contributed by atoms with Gasteiger partial charge in [0, 0.05) is 65.1 Å². The zero-order valence-corrected chi connectivity index (χ0v) is 21.3. The summed E-state index contributed by atoms with van der Waals surface area (Å²) in [6, 6.07) is 5.97. The van der Waals surface area contributed by atoms with Crippen LogP contribution in [0.4, 0.5) is 0 Å². The second-order valence-electron chi connectivity index (χ2n) is 7.54. The van der Waals surface area contributed by atoms with E-state index in [0.717, 1.165) is 75.1 Å². The number of benzene rings is 1. The number of aryl methyl sites for hydroxylation is 2. The van der Waals surface area contributed by atoms with E-state index in [1.807, 2.05) is 37.1 Å². The van der Waals surface area contributed by atoms with Gasteiger partial charge in [0.05, 0.1) is 20.4 Å². The third-order valence-electron chi connectivity index (χ3n) is 5.45. The Morgan fingerprint density at radius 1 is 1.16 bits per heavy atom. The summed E-state index contributed by atoms with van der Waals surface area (Å²) in [6.45, 7) is 5.63. The lowest BCUT2D eigenvalue weighted by Crippen LogP contribution is -2.52. The molecule has 9 heteroatoms. The Morgan fingerprint density at radius 2 is 1.94 bits per heavy atom. The number of methoxy groups -OCH3 is 2. The highest BCUT2D eigenvalue weighted by molar-refractivity contribution is 14.0. The number of hydrogen-bond donors (Lipinski definition) is 1. The molecule has 2 aromatic rings. The van der Waals surface area contributed by atoms with Gasteiger partial charge in [0.25, 0.3) is 0 Å². The van der Waals surface area contributed by atoms with Crippen LogP contribution in [0.3, 0.4) is 0 Å². The summed E-state index contributed by atoms with van der Waals surface area (Å²) in [7, 11) is 7.22. The third kappa shape index (κ3) is 7.27. The van der Waals surface area contributed by atoms with E-state index in [1.165, 1.54) is 5.56 Å². The van der Waals surface area contributed by atoms with Crippen molar-refractivity contribution in [2.75, 3.05) is 54.0 Å². The normalized spacial score (nSPS) is 14.8. The molecule has 0 radical (unpaired) electrons. The second kappa shape index (κ2) is 12.7. The van der Waals surface area contributed by atoms with Crippen LogP contribution in [0.15, 0.2) is 35.6 Å². The van der Waals surface area contributed by atoms with Crippen molar-refractivity contribution in [3.63, 3.8) is 0 Å². The van der Waals surface area contributed by atoms with Crippen LogP contribution in [0.1, 0.15) is 17.5 Å². The van der Waals surface area contributed by atoms with E-state index in [1.54, 1.807) is 14.2 Å². The molecule has 2 heterocycles. The monoisotopic (exact) mass is 542 g/mol. The molecule has 172 valence electrons. The fourth-order valence-electron chi connectivity index (χ4n) is 3.79. The van der Waals surface area contributed by atoms with Gasteiger partial charge in [-0.15, -0.1) is 24.0 Å². The van der Waals surface area contributed by atoms with Gasteiger partial charge in [0.1, 0.15) is 11.5 Å². The minimum absolute atomic E-state index is 0. The first kappa shape index (κ1) is 25.3. The number of guanidine groups is 1. The molecule has 0 aliphatic carbocycles. The van der Waals surface area contributed by atoms with Crippen LogP contribution in [0.2, 0.25) is 0 Å². The van der Waals surface area contributed by atoms with Crippen molar-refractivity contribution in [3.05, 3.63) is 41.7 Å². The Morgan fingerprint density at radius 3 is 2.55 bits per heavy atom. The van der Waals surface area contributed by atoms with Crippen molar-refractivity contribution in [1.29, 1.82) is 0 Å². The van der Waals surface area contributed by atoms with Crippen LogP contribution in [-0.4, -0.2) is 79.5 Å². The van der Waals surface area contributed by atoms with Crippen LogP contribution < -0.4 is 14.8 Å². The van der Waals surface area contributed by atoms with Crippen LogP contribution in [0.5, 0.6) is 11.5 Å². The highest BCUT2D eigenvalue weighted by atomic mass is 127. The maximum Gasteiger partial charge on any atom is 0.193 e. The molecule has 1 saturated heterocycles. The maximum absolute atomic E-state index is 5.52. The van der Waals surface area contributed by atoms with E-state index in [9.17, 15) is 0 Å². The number of nitrogens with one attached hydrogen (secondary N) is 1. The summed E-state index contributed by atoms with van der Waals surface area (Å²) in [6.07, 6.45) is 6.09. The van der Waals surface area contributed by atoms with Gasteiger partial charge in [-0.05, 0) is 36.6 Å². The summed E-state index contributed by atoms with van der Waals surface area (Å²) >= 11 is 0. The lowest BCUT2D eigenvalue weighted by atomic mass is 10.1. The van der Waals surface area contributed by atoms with Gasteiger partial charge in [-0.25, -0.2) is 0 Å². The molecular formula is C22H35IN6O2. The molecule has 1 aliphatic rings. The average molecular weight is 542 g/mol. The van der Waals surface area contributed by atoms with Gasteiger partial charge in [-0.3, -0.25) is 14.6 Å². The standard InChI is InChI=1S/C22H34N6O2.HI/c1-23-22(24-9-5-6-18-15-25-26(2)16-18)28-12-10-27(11-13-28)17-19-14-20(29-3)7-8-21(19)30-4;/h7-8,14-16H,5-6,9-13,17H2,1-4H3,(H,23,24);1H. The molecule has 31 heavy (non-hydrogen) atoms. The number of piperazine rings is 1. The summed E-state index contributed by atoms with van der Waals surface area (Å²) < 4.78 is 12.7. The molecule has 0 unspecified atom stereocenters. The van der Waals surface area contributed by atoms with E-state index in [0.29, 0.717) is 0 Å². The van der Waals surface area contributed by atoms with E-state index in [4.69, 9.17) is 9.47 Å². The molecule has 1 aromatic carbocycles. The Balaban J connectivity index is 0.00000341. The minimum Gasteiger partial charge on any atom is -0.497 e. The number of halogens is 1. The maximum atomic E-state index is 5.52. The highest BCUT2D eigenvalue weighted by Crippen LogP contribution is 2.25. The second-order valence-corrected chi connectivity index (χ2v) is 7.54. The summed E-state index contributed by atoms with van der Waals surface area (Å²) in [5.41, 5.74) is 2.43. The number of rotatable bonds is 8. The number of nitrogens with zero attached hydrogens (tertiary/aromatic N) is 5. The molecule has 3 rings (SSSR count). The molecule has 0 atom stereocenters. The molecule has 0 amide bonds. The first-order chi connectivity index (χ1) is 14.6. The first-order valence-electron chi connectivity index (χ1n) is 10.5. The van der Waals surface area contributed by atoms with E-state index in [-0.39, 0.29) is 24.0 Å². The number of aliphatic imine (C=N–C) groups is 1. The Kier molecular flexibility index (Phi) is 10.4. The van der Waals surface area contributed by atoms with Crippen LogP contribution >= 0.6 is 24.0 Å². The van der Waals surface area contributed by atoms with Crippen LogP contribution in [-0.2, 0) is 20.0 Å². The third-order valence-corrected chi connectivity index (χ3v) is 5.45. The summed E-state index contributed by atoms with van der Waals surface area (Å²) in [5.74, 6) is 2.75. The van der Waals surface area contributed by atoms with Gasteiger partial charge < -0.3 is 19.7 Å². The fourth-order valence-corrected chi connectivity index (χ4v) is 3.79. The predicted molar refractivity (Wildman–Crippen MR) is 135 cm³/mol. The van der Waals surface area contributed by atoms with Crippen molar-refractivity contribution >= 4 is 29.9 Å². The number of ether oxygens (including phenoxy) is 2. The molecule has 8 nitrogen and oxygen atoms in total. The molecule has 0 bridgehead atoms. The zero-order chi connectivity index (χ0) is 21.3. The molecular weight excluding hydrogens is 507 g/mol. The minimum atomic E-state index is 0. The van der Waals surface area contributed by atoms with Crippen LogP contribution in [0, 0.1) is 0 Å². The summed E-state index contributed by atoms with van der Waals surface area (Å²) in [4.78, 5) is 9.26. The Hall–Kier alpha value is -2.01. The molecule has 1 fully saturated rings. The Labute approximate surface area is 202 Å². The van der Waals surface area contributed by atoms with Crippen molar-refractivity contribution < 1.29 is 9.47 Å². The highest BCUT2D eigenvalue weighted by Gasteiger charge is 2.20. The van der Waals surface area contributed by atoms with E-state index < -0.39 is 0 Å². The van der Waals surface area contributed by atoms with Gasteiger partial charge in [-0.1, -0.05) is 0 Å². The predicted octanol–water partition coefficient (Wildman–Crippen LogP) is 2.38. The van der Waals surface area contributed by atoms with Crippen molar-refractivity contribution in [3.8, 4) is 11.5 Å². The fraction of sp³-hybridized carbons (Fsp3) is 0.545. The molecule has 0 spiro atoms. The summed E-state index contributed by atoms with van der Waals surface area (Å²) in [5, 5.41) is 7.73. The topological polar surface area (TPSA) is 67.2 Å². The lowest BCUT2D eigenvalue weighted by Gasteiger charge is -2.36. The SMILES string of the molecule is CN=C(NCCCc1cnn(C)c1)N1CCN(Cc2cc(OC)ccc2OC)CC1.I. The van der Waals surface area contributed by atoms with E-state index >= 15 is 0 Å². The average Bonchev–Trinajstić information content (AvgIpc) is 3.19. The first-order valence-corrected chi connectivity index (χ1v) is 10.5. The quantitative estimate of drug-likeness (QED) is 0.239. The van der Waals surface area contributed by atoms with E-state index in [2.05, 4.69) is 37.5 Å². The van der Waals surface area contributed by atoms with Gasteiger partial charge in [0.15, 0.2) is 5.96 Å². The van der Waals surface area contributed by atoms with Gasteiger partial charge >= 0.3 is 0 Å². The lowest BCUT2D eigenvalue weighted by molar-refractivity contribution is 0.171. The van der Waals surface area contributed by atoms with Crippen molar-refractivity contribution in [2.45, 2.75) is 19.4 Å². The Bertz CT molecular complexity index is 833. The van der Waals surface area contributed by atoms with Crippen molar-refractivity contribution in [2.24, 2.45) is 12.0 Å². The van der Waals surface area contributed by atoms with Gasteiger partial charge in [0.2, 0.25) is 0 Å². The molecule has 1 N–H and O–H groups in total. The number of hydrogen-bond acceptors (Lipinski definition) is 5.